The molecule has 2 rings (SSSR count). The molecule has 0 aliphatic heterocycles. The van der Waals surface area contributed by atoms with Gasteiger partial charge in [-0.05, 0) is 30.2 Å². The molecule has 0 bridgehead atoms. The number of ether oxygens (including phenoxy) is 1. The standard InChI is InChI=1S/C18H22N2O3/c1-13-8-9-17(23-2)16(10-13)20-18(22)19-12-15(21)11-14-6-4-3-5-7-14/h3-10,15,21H,11-12H2,1-2H3,(H2,19,20,22). The monoisotopic (exact) mass is 314 g/mol. The van der Waals surface area contributed by atoms with Gasteiger partial charge in [-0.3, -0.25) is 0 Å². The minimum absolute atomic E-state index is 0.175. The molecule has 0 saturated heterocycles. The lowest BCUT2D eigenvalue weighted by atomic mass is 10.1. The predicted molar refractivity (Wildman–Crippen MR) is 90.9 cm³/mol. The zero-order chi connectivity index (χ0) is 16.7. The number of aliphatic hydroxyl groups excluding tert-OH is 1. The summed E-state index contributed by atoms with van der Waals surface area (Å²) >= 11 is 0. The lowest BCUT2D eigenvalue weighted by Crippen LogP contribution is -2.36. The number of aliphatic hydroxyl groups is 1. The van der Waals surface area contributed by atoms with E-state index in [4.69, 9.17) is 4.74 Å². The van der Waals surface area contributed by atoms with E-state index in [1.54, 1.807) is 13.2 Å². The van der Waals surface area contributed by atoms with E-state index < -0.39 is 6.10 Å². The highest BCUT2D eigenvalue weighted by atomic mass is 16.5. The molecule has 0 aliphatic carbocycles. The van der Waals surface area contributed by atoms with Crippen LogP contribution in [0.4, 0.5) is 10.5 Å². The smallest absolute Gasteiger partial charge is 0.319 e. The van der Waals surface area contributed by atoms with Crippen molar-refractivity contribution in [1.82, 2.24) is 5.32 Å². The topological polar surface area (TPSA) is 70.6 Å². The first-order valence-corrected chi connectivity index (χ1v) is 7.50. The van der Waals surface area contributed by atoms with Crippen molar-refractivity contribution in [2.45, 2.75) is 19.4 Å². The second kappa shape index (κ2) is 8.19. The minimum atomic E-state index is -0.637. The molecule has 3 N–H and O–H groups in total. The SMILES string of the molecule is COc1ccc(C)cc1NC(=O)NCC(O)Cc1ccccc1. The average molecular weight is 314 g/mol. The van der Waals surface area contributed by atoms with Crippen LogP contribution < -0.4 is 15.4 Å². The van der Waals surface area contributed by atoms with Gasteiger partial charge in [0.25, 0.3) is 0 Å². The first-order valence-electron chi connectivity index (χ1n) is 7.50. The van der Waals surface area contributed by atoms with E-state index in [9.17, 15) is 9.90 Å². The summed E-state index contributed by atoms with van der Waals surface area (Å²) in [4.78, 5) is 12.0. The van der Waals surface area contributed by atoms with E-state index in [1.165, 1.54) is 0 Å². The third-order valence-electron chi connectivity index (χ3n) is 3.42. The Morgan fingerprint density at radius 1 is 1.22 bits per heavy atom. The van der Waals surface area contributed by atoms with Gasteiger partial charge < -0.3 is 20.5 Å². The van der Waals surface area contributed by atoms with Crippen LogP contribution in [-0.2, 0) is 6.42 Å². The number of rotatable bonds is 6. The fourth-order valence-electron chi connectivity index (χ4n) is 2.25. The van der Waals surface area contributed by atoms with Gasteiger partial charge in [-0.15, -0.1) is 0 Å². The summed E-state index contributed by atoms with van der Waals surface area (Å²) in [7, 11) is 1.55. The third kappa shape index (κ3) is 5.30. The first-order chi connectivity index (χ1) is 11.1. The Hall–Kier alpha value is -2.53. The van der Waals surface area contributed by atoms with Crippen LogP contribution in [0.15, 0.2) is 48.5 Å². The van der Waals surface area contributed by atoms with Gasteiger partial charge >= 0.3 is 6.03 Å². The summed E-state index contributed by atoms with van der Waals surface area (Å²) in [5.74, 6) is 0.593. The summed E-state index contributed by atoms with van der Waals surface area (Å²) in [6.45, 7) is 2.11. The summed E-state index contributed by atoms with van der Waals surface area (Å²) in [5, 5.41) is 15.4. The van der Waals surface area contributed by atoms with Crippen molar-refractivity contribution in [3.63, 3.8) is 0 Å². The molecule has 0 heterocycles. The van der Waals surface area contributed by atoms with Crippen LogP contribution in [0.1, 0.15) is 11.1 Å². The van der Waals surface area contributed by atoms with E-state index in [-0.39, 0.29) is 12.6 Å². The molecule has 23 heavy (non-hydrogen) atoms. The molecule has 0 saturated carbocycles. The minimum Gasteiger partial charge on any atom is -0.495 e. The van der Waals surface area contributed by atoms with Crippen LogP contribution in [0.2, 0.25) is 0 Å². The first kappa shape index (κ1) is 16.8. The van der Waals surface area contributed by atoms with Crippen LogP contribution in [0.25, 0.3) is 0 Å². The molecule has 0 fully saturated rings. The Labute approximate surface area is 136 Å². The maximum absolute atomic E-state index is 12.0. The number of nitrogens with one attached hydrogen (secondary N) is 2. The van der Waals surface area contributed by atoms with Gasteiger partial charge in [0.15, 0.2) is 0 Å². The fraction of sp³-hybridized carbons (Fsp3) is 0.278. The number of carbonyl (C=O) groups is 1. The van der Waals surface area contributed by atoms with E-state index in [0.29, 0.717) is 17.9 Å². The summed E-state index contributed by atoms with van der Waals surface area (Å²) in [6, 6.07) is 14.8. The third-order valence-corrected chi connectivity index (χ3v) is 3.42. The van der Waals surface area contributed by atoms with E-state index in [0.717, 1.165) is 11.1 Å². The molecular weight excluding hydrogens is 292 g/mol. The zero-order valence-electron chi connectivity index (χ0n) is 13.4. The van der Waals surface area contributed by atoms with Crippen molar-refractivity contribution in [2.24, 2.45) is 0 Å². The normalized spacial score (nSPS) is 11.6. The van der Waals surface area contributed by atoms with Crippen LogP contribution >= 0.6 is 0 Å². The molecule has 2 aromatic rings. The van der Waals surface area contributed by atoms with Gasteiger partial charge in [0, 0.05) is 13.0 Å². The lowest BCUT2D eigenvalue weighted by molar-refractivity contribution is 0.172. The quantitative estimate of drug-likeness (QED) is 0.768. The number of hydrogen-bond donors (Lipinski definition) is 3. The maximum atomic E-state index is 12.0. The van der Waals surface area contributed by atoms with Crippen molar-refractivity contribution >= 4 is 11.7 Å². The van der Waals surface area contributed by atoms with Crippen LogP contribution in [0.5, 0.6) is 5.75 Å². The van der Waals surface area contributed by atoms with Gasteiger partial charge in [-0.25, -0.2) is 4.79 Å². The number of aryl methyl sites for hydroxylation is 1. The number of carbonyl (C=O) groups excluding carboxylic acids is 1. The number of hydrogen-bond acceptors (Lipinski definition) is 3. The number of benzene rings is 2. The molecule has 1 unspecified atom stereocenters. The Bertz CT molecular complexity index is 644. The van der Waals surface area contributed by atoms with Crippen molar-refractivity contribution < 1.29 is 14.6 Å². The summed E-state index contributed by atoms with van der Waals surface area (Å²) in [5.41, 5.74) is 2.65. The second-order valence-electron chi connectivity index (χ2n) is 5.38. The number of methoxy groups -OCH3 is 1. The molecule has 0 spiro atoms. The van der Waals surface area contributed by atoms with Crippen molar-refractivity contribution in [3.8, 4) is 5.75 Å². The van der Waals surface area contributed by atoms with Crippen molar-refractivity contribution in [2.75, 3.05) is 19.0 Å². The second-order valence-corrected chi connectivity index (χ2v) is 5.38. The maximum Gasteiger partial charge on any atom is 0.319 e. The van der Waals surface area contributed by atoms with Gasteiger partial charge in [0.05, 0.1) is 18.9 Å². The highest BCUT2D eigenvalue weighted by Gasteiger charge is 2.10. The number of urea groups is 1. The Morgan fingerprint density at radius 2 is 1.96 bits per heavy atom. The molecule has 0 aromatic heterocycles. The van der Waals surface area contributed by atoms with Gasteiger partial charge in [0.2, 0.25) is 0 Å². The molecular formula is C18H22N2O3. The largest absolute Gasteiger partial charge is 0.495 e. The lowest BCUT2D eigenvalue weighted by Gasteiger charge is -2.14. The average Bonchev–Trinajstić information content (AvgIpc) is 2.54. The van der Waals surface area contributed by atoms with Crippen molar-refractivity contribution in [3.05, 3.63) is 59.7 Å². The predicted octanol–water partition coefficient (Wildman–Crippen LogP) is 2.73. The zero-order valence-corrected chi connectivity index (χ0v) is 13.4. The Balaban J connectivity index is 1.84. The van der Waals surface area contributed by atoms with Gasteiger partial charge in [-0.1, -0.05) is 36.4 Å². The number of amides is 2. The molecule has 2 amide bonds. The molecule has 122 valence electrons. The Kier molecular flexibility index (Phi) is 6.00. The number of anilines is 1. The molecule has 0 radical (unpaired) electrons. The van der Waals surface area contributed by atoms with Gasteiger partial charge in [0.1, 0.15) is 5.75 Å². The summed E-state index contributed by atoms with van der Waals surface area (Å²) < 4.78 is 5.21. The molecule has 0 aliphatic rings. The molecule has 5 heteroatoms. The highest BCUT2D eigenvalue weighted by molar-refractivity contribution is 5.91. The highest BCUT2D eigenvalue weighted by Crippen LogP contribution is 2.24. The Morgan fingerprint density at radius 3 is 2.65 bits per heavy atom. The fourth-order valence-corrected chi connectivity index (χ4v) is 2.25. The molecule has 5 nitrogen and oxygen atoms in total. The van der Waals surface area contributed by atoms with Crippen LogP contribution in [-0.4, -0.2) is 30.9 Å². The van der Waals surface area contributed by atoms with Crippen molar-refractivity contribution in [1.29, 1.82) is 0 Å². The van der Waals surface area contributed by atoms with E-state index in [2.05, 4.69) is 10.6 Å². The van der Waals surface area contributed by atoms with E-state index in [1.807, 2.05) is 49.4 Å². The van der Waals surface area contributed by atoms with Crippen LogP contribution in [0.3, 0.4) is 0 Å². The molecule has 2 aromatic carbocycles. The summed E-state index contributed by atoms with van der Waals surface area (Å²) in [6.07, 6.45) is -0.142. The van der Waals surface area contributed by atoms with Gasteiger partial charge in [-0.2, -0.15) is 0 Å². The van der Waals surface area contributed by atoms with E-state index >= 15 is 0 Å². The van der Waals surface area contributed by atoms with Crippen LogP contribution in [0, 0.1) is 6.92 Å². The molecule has 1 atom stereocenters.